The number of urea groups is 1. The van der Waals surface area contributed by atoms with E-state index in [1.54, 1.807) is 0 Å². The normalized spacial score (nSPS) is 20.1. The molecule has 0 aliphatic carbocycles. The second-order valence-electron chi connectivity index (χ2n) is 6.04. The fourth-order valence-electron chi connectivity index (χ4n) is 3.21. The van der Waals surface area contributed by atoms with Gasteiger partial charge in [-0.2, -0.15) is 0 Å². The van der Waals surface area contributed by atoms with Gasteiger partial charge in [0.1, 0.15) is 0 Å². The number of carboxylic acids is 1. The Hall–Kier alpha value is -2.86. The van der Waals surface area contributed by atoms with Gasteiger partial charge < -0.3 is 20.0 Å². The summed E-state index contributed by atoms with van der Waals surface area (Å²) in [5.74, 6) is -1.11. The molecule has 1 aliphatic heterocycles. The molecule has 0 spiro atoms. The fraction of sp³-hybridized carbons (Fsp3) is 0.263. The number of hydrogen-bond donors (Lipinski definition) is 2. The number of nitrogens with zero attached hydrogens (tertiary/aromatic N) is 2. The Morgan fingerprint density at radius 3 is 1.80 bits per heavy atom. The van der Waals surface area contributed by atoms with Crippen LogP contribution in [-0.2, 0) is 17.9 Å². The number of carboxylic acid groups (broad SMARTS) is 1. The lowest BCUT2D eigenvalue weighted by molar-refractivity contribution is -0.143. The molecule has 2 aromatic carbocycles. The molecule has 1 aliphatic rings. The van der Waals surface area contributed by atoms with E-state index in [1.165, 1.54) is 9.80 Å². The van der Waals surface area contributed by atoms with Crippen molar-refractivity contribution in [3.8, 4) is 0 Å². The minimum absolute atomic E-state index is 0.193. The highest BCUT2D eigenvalue weighted by Crippen LogP contribution is 2.27. The number of aliphatic carboxylic acids is 1. The van der Waals surface area contributed by atoms with Crippen LogP contribution in [0.5, 0.6) is 0 Å². The molecule has 130 valence electrons. The Morgan fingerprint density at radius 2 is 1.36 bits per heavy atom. The minimum Gasteiger partial charge on any atom is -0.480 e. The SMILES string of the molecule is O=C(O)C1C(CO)N(Cc2ccccc2)C(=O)N1Cc1ccccc1. The molecule has 6 nitrogen and oxygen atoms in total. The number of carbonyl (C=O) groups is 2. The molecule has 6 heteroatoms. The van der Waals surface area contributed by atoms with Gasteiger partial charge in [-0.25, -0.2) is 9.59 Å². The summed E-state index contributed by atoms with van der Waals surface area (Å²) in [4.78, 5) is 27.4. The van der Waals surface area contributed by atoms with E-state index in [1.807, 2.05) is 60.7 Å². The molecule has 25 heavy (non-hydrogen) atoms. The van der Waals surface area contributed by atoms with Gasteiger partial charge in [0.05, 0.1) is 12.6 Å². The zero-order valence-electron chi connectivity index (χ0n) is 13.7. The summed E-state index contributed by atoms with van der Waals surface area (Å²) in [6, 6.07) is 16.3. The second kappa shape index (κ2) is 7.36. The van der Waals surface area contributed by atoms with Gasteiger partial charge in [0.15, 0.2) is 6.04 Å². The molecule has 0 bridgehead atoms. The van der Waals surface area contributed by atoms with E-state index in [9.17, 15) is 19.8 Å². The van der Waals surface area contributed by atoms with Crippen LogP contribution in [0.4, 0.5) is 4.79 Å². The van der Waals surface area contributed by atoms with Crippen molar-refractivity contribution < 1.29 is 19.8 Å². The molecule has 2 aromatic rings. The maximum absolute atomic E-state index is 12.9. The topological polar surface area (TPSA) is 81.1 Å². The third-order valence-corrected chi connectivity index (χ3v) is 4.42. The van der Waals surface area contributed by atoms with Crippen molar-refractivity contribution in [1.82, 2.24) is 9.80 Å². The van der Waals surface area contributed by atoms with Crippen LogP contribution in [0, 0.1) is 0 Å². The molecule has 2 atom stereocenters. The molecule has 1 heterocycles. The van der Waals surface area contributed by atoms with Crippen molar-refractivity contribution in [3.05, 3.63) is 71.8 Å². The summed E-state index contributed by atoms with van der Waals surface area (Å²) in [7, 11) is 0. The largest absolute Gasteiger partial charge is 0.480 e. The predicted octanol–water partition coefficient (Wildman–Crippen LogP) is 1.94. The van der Waals surface area contributed by atoms with Gasteiger partial charge in [-0.3, -0.25) is 0 Å². The van der Waals surface area contributed by atoms with Crippen molar-refractivity contribution in [2.24, 2.45) is 0 Å². The molecule has 0 aromatic heterocycles. The Labute approximate surface area is 145 Å². The van der Waals surface area contributed by atoms with Gasteiger partial charge in [-0.05, 0) is 11.1 Å². The smallest absolute Gasteiger partial charge is 0.328 e. The quantitative estimate of drug-likeness (QED) is 0.842. The minimum atomic E-state index is -1.11. The number of amides is 2. The first kappa shape index (κ1) is 17.0. The van der Waals surface area contributed by atoms with E-state index >= 15 is 0 Å². The number of aliphatic hydroxyl groups is 1. The summed E-state index contributed by atoms with van der Waals surface area (Å²) >= 11 is 0. The zero-order chi connectivity index (χ0) is 17.8. The molecule has 2 amide bonds. The number of carbonyl (C=O) groups excluding carboxylic acids is 1. The molecule has 2 unspecified atom stereocenters. The van der Waals surface area contributed by atoms with E-state index in [2.05, 4.69) is 0 Å². The lowest BCUT2D eigenvalue weighted by Gasteiger charge is -2.23. The van der Waals surface area contributed by atoms with Crippen LogP contribution < -0.4 is 0 Å². The van der Waals surface area contributed by atoms with Crippen molar-refractivity contribution in [2.45, 2.75) is 25.2 Å². The van der Waals surface area contributed by atoms with E-state index in [4.69, 9.17) is 0 Å². The molecule has 0 radical (unpaired) electrons. The molecule has 3 rings (SSSR count). The summed E-state index contributed by atoms with van der Waals surface area (Å²) in [6.07, 6.45) is 0. The third-order valence-electron chi connectivity index (χ3n) is 4.42. The van der Waals surface area contributed by atoms with Gasteiger partial charge in [0.2, 0.25) is 0 Å². The first-order chi connectivity index (χ1) is 12.1. The second-order valence-corrected chi connectivity index (χ2v) is 6.04. The summed E-state index contributed by atoms with van der Waals surface area (Å²) in [5, 5.41) is 19.4. The van der Waals surface area contributed by atoms with E-state index in [0.717, 1.165) is 11.1 Å². The number of hydrogen-bond acceptors (Lipinski definition) is 3. The predicted molar refractivity (Wildman–Crippen MR) is 91.7 cm³/mol. The fourth-order valence-corrected chi connectivity index (χ4v) is 3.21. The molecule has 1 saturated heterocycles. The Kier molecular flexibility index (Phi) is 5.00. The Morgan fingerprint density at radius 1 is 0.880 bits per heavy atom. The highest BCUT2D eigenvalue weighted by Gasteiger charge is 2.49. The zero-order valence-corrected chi connectivity index (χ0v) is 13.7. The van der Waals surface area contributed by atoms with Crippen LogP contribution in [0.1, 0.15) is 11.1 Å². The van der Waals surface area contributed by atoms with E-state index in [0.29, 0.717) is 0 Å². The third kappa shape index (κ3) is 3.49. The van der Waals surface area contributed by atoms with Crippen molar-refractivity contribution in [2.75, 3.05) is 6.61 Å². The maximum Gasteiger partial charge on any atom is 0.328 e. The lowest BCUT2D eigenvalue weighted by atomic mass is 10.1. The van der Waals surface area contributed by atoms with Crippen molar-refractivity contribution >= 4 is 12.0 Å². The first-order valence-corrected chi connectivity index (χ1v) is 8.10. The van der Waals surface area contributed by atoms with Crippen LogP contribution in [0.25, 0.3) is 0 Å². The van der Waals surface area contributed by atoms with Crippen LogP contribution in [-0.4, -0.2) is 50.7 Å². The Balaban J connectivity index is 1.89. The van der Waals surface area contributed by atoms with E-state index < -0.39 is 24.7 Å². The molecule has 2 N–H and O–H groups in total. The number of aliphatic hydroxyl groups excluding tert-OH is 1. The molecular weight excluding hydrogens is 320 g/mol. The van der Waals surface area contributed by atoms with Gasteiger partial charge in [-0.15, -0.1) is 0 Å². The molecule has 1 fully saturated rings. The Bertz CT molecular complexity index is 736. The molecule has 0 saturated carbocycles. The summed E-state index contributed by atoms with van der Waals surface area (Å²) in [5.41, 5.74) is 1.74. The molecular formula is C19H20N2O4. The van der Waals surface area contributed by atoms with Gasteiger partial charge >= 0.3 is 12.0 Å². The van der Waals surface area contributed by atoms with Crippen molar-refractivity contribution in [1.29, 1.82) is 0 Å². The maximum atomic E-state index is 12.9. The van der Waals surface area contributed by atoms with Gasteiger partial charge in [-0.1, -0.05) is 60.7 Å². The summed E-state index contributed by atoms with van der Waals surface area (Å²) in [6.45, 7) is 0.0548. The van der Waals surface area contributed by atoms with Crippen LogP contribution in [0.15, 0.2) is 60.7 Å². The van der Waals surface area contributed by atoms with E-state index in [-0.39, 0.29) is 19.1 Å². The van der Waals surface area contributed by atoms with Crippen LogP contribution in [0.3, 0.4) is 0 Å². The highest BCUT2D eigenvalue weighted by molar-refractivity contribution is 5.87. The number of benzene rings is 2. The summed E-state index contributed by atoms with van der Waals surface area (Å²) < 4.78 is 0. The first-order valence-electron chi connectivity index (χ1n) is 8.10. The average Bonchev–Trinajstić information content (AvgIpc) is 2.89. The van der Waals surface area contributed by atoms with Crippen LogP contribution in [0.2, 0.25) is 0 Å². The van der Waals surface area contributed by atoms with Gasteiger partial charge in [0.25, 0.3) is 0 Å². The lowest BCUT2D eigenvalue weighted by Crippen LogP contribution is -2.45. The standard InChI is InChI=1S/C19H20N2O4/c22-13-16-17(18(23)24)21(12-15-9-5-2-6-10-15)19(25)20(16)11-14-7-3-1-4-8-14/h1-10,16-17,22H,11-13H2,(H,23,24). The highest BCUT2D eigenvalue weighted by atomic mass is 16.4. The monoisotopic (exact) mass is 340 g/mol. The van der Waals surface area contributed by atoms with Gasteiger partial charge in [0, 0.05) is 13.1 Å². The van der Waals surface area contributed by atoms with Crippen LogP contribution >= 0.6 is 0 Å². The number of rotatable bonds is 6. The van der Waals surface area contributed by atoms with Crippen molar-refractivity contribution in [3.63, 3.8) is 0 Å². The average molecular weight is 340 g/mol.